The van der Waals surface area contributed by atoms with Gasteiger partial charge in [-0.2, -0.15) is 13.2 Å². The Balaban J connectivity index is 0.000000362. The van der Waals surface area contributed by atoms with Gasteiger partial charge in [0.1, 0.15) is 0 Å². The van der Waals surface area contributed by atoms with Crippen molar-refractivity contribution in [2.75, 3.05) is 40.4 Å². The van der Waals surface area contributed by atoms with Crippen LogP contribution in [0.5, 0.6) is 0 Å². The van der Waals surface area contributed by atoms with E-state index in [-0.39, 0.29) is 0 Å². The topological polar surface area (TPSA) is 66.4 Å². The summed E-state index contributed by atoms with van der Waals surface area (Å²) >= 11 is 0. The van der Waals surface area contributed by atoms with Crippen LogP contribution >= 0.6 is 0 Å². The van der Waals surface area contributed by atoms with Crippen LogP contribution in [0.1, 0.15) is 19.3 Å². The number of quaternary nitrogens is 1. The van der Waals surface area contributed by atoms with Crippen LogP contribution in [0.2, 0.25) is 0 Å². The molecule has 116 valence electrons. The van der Waals surface area contributed by atoms with Gasteiger partial charge in [0.15, 0.2) is 10.1 Å². The van der Waals surface area contributed by atoms with Gasteiger partial charge < -0.3 is 13.8 Å². The maximum Gasteiger partial charge on any atom is 0.485 e. The molecule has 0 N–H and O–H groups in total. The van der Waals surface area contributed by atoms with Crippen molar-refractivity contribution >= 4 is 10.1 Å². The molecular weight excluding hydrogens is 287 g/mol. The minimum atomic E-state index is -6.09. The normalized spacial score (nSPS) is 18.8. The first-order valence-electron chi connectivity index (χ1n) is 5.86. The summed E-state index contributed by atoms with van der Waals surface area (Å²) in [5.41, 5.74) is -5.65. The fourth-order valence-electron chi connectivity index (χ4n) is 1.91. The monoisotopic (exact) mass is 307 g/mol. The number of rotatable bonds is 4. The van der Waals surface area contributed by atoms with E-state index in [2.05, 4.69) is 7.05 Å². The summed E-state index contributed by atoms with van der Waals surface area (Å²) < 4.78 is 65.2. The Morgan fingerprint density at radius 3 is 2.00 bits per heavy atom. The van der Waals surface area contributed by atoms with Gasteiger partial charge in [-0.25, -0.2) is 8.42 Å². The second-order valence-electron chi connectivity index (χ2n) is 4.74. The van der Waals surface area contributed by atoms with Gasteiger partial charge in [-0.1, -0.05) is 0 Å². The highest BCUT2D eigenvalue weighted by molar-refractivity contribution is 7.86. The number of alkyl halides is 3. The predicted molar refractivity (Wildman–Crippen MR) is 62.3 cm³/mol. The average Bonchev–Trinajstić information content (AvgIpc) is 2.64. The van der Waals surface area contributed by atoms with E-state index >= 15 is 0 Å². The first kappa shape index (κ1) is 18.6. The molecule has 0 aliphatic carbocycles. The van der Waals surface area contributed by atoms with Crippen LogP contribution in [0.3, 0.4) is 0 Å². The van der Waals surface area contributed by atoms with E-state index in [9.17, 15) is 13.2 Å². The zero-order valence-corrected chi connectivity index (χ0v) is 11.9. The van der Waals surface area contributed by atoms with Crippen molar-refractivity contribution in [3.63, 3.8) is 0 Å². The molecule has 1 aliphatic heterocycles. The SMILES string of the molecule is COCCC[N+]1(C)CCCC1.O=S(=O)([O-])C(F)(F)F. The van der Waals surface area contributed by atoms with Crippen LogP contribution < -0.4 is 0 Å². The standard InChI is InChI=1S/C9H20NO.CHF3O3S/c1-10(6-3-4-7-10)8-5-9-11-2;2-1(3,4)8(5,6)7/h3-9H2,1-2H3;(H,5,6,7)/q+1;/p-1. The van der Waals surface area contributed by atoms with E-state index in [1.807, 2.05) is 0 Å². The number of ether oxygens (including phenoxy) is 1. The predicted octanol–water partition coefficient (Wildman–Crippen LogP) is 1.31. The van der Waals surface area contributed by atoms with Crippen LogP contribution in [-0.4, -0.2) is 63.4 Å². The molecule has 0 amide bonds. The zero-order valence-electron chi connectivity index (χ0n) is 11.1. The third kappa shape index (κ3) is 7.71. The van der Waals surface area contributed by atoms with Crippen molar-refractivity contribution in [1.82, 2.24) is 0 Å². The smallest absolute Gasteiger partial charge is 0.485 e. The molecule has 1 aliphatic rings. The minimum absolute atomic E-state index is 0.924. The Morgan fingerprint density at radius 2 is 1.68 bits per heavy atom. The largest absolute Gasteiger partial charge is 0.741 e. The van der Waals surface area contributed by atoms with Crippen molar-refractivity contribution in [2.24, 2.45) is 0 Å². The molecule has 0 atom stereocenters. The lowest BCUT2D eigenvalue weighted by Crippen LogP contribution is -2.41. The molecule has 1 fully saturated rings. The van der Waals surface area contributed by atoms with Crippen molar-refractivity contribution in [1.29, 1.82) is 0 Å². The molecule has 0 aromatic carbocycles. The van der Waals surface area contributed by atoms with E-state index in [1.165, 1.54) is 43.4 Å². The summed E-state index contributed by atoms with van der Waals surface area (Å²) in [6, 6.07) is 0. The fraction of sp³-hybridized carbons (Fsp3) is 1.00. The summed E-state index contributed by atoms with van der Waals surface area (Å²) in [6.45, 7) is 4.98. The molecule has 0 spiro atoms. The van der Waals surface area contributed by atoms with Gasteiger partial charge in [-0.3, -0.25) is 0 Å². The molecular formula is C10H20F3NO4S. The first-order valence-corrected chi connectivity index (χ1v) is 7.27. The third-order valence-corrected chi connectivity index (χ3v) is 3.54. The van der Waals surface area contributed by atoms with Crippen LogP contribution in [0.25, 0.3) is 0 Å². The van der Waals surface area contributed by atoms with Crippen molar-refractivity contribution in [3.8, 4) is 0 Å². The second kappa shape index (κ2) is 7.41. The highest BCUT2D eigenvalue weighted by atomic mass is 32.2. The molecule has 9 heteroatoms. The minimum Gasteiger partial charge on any atom is -0.741 e. The van der Waals surface area contributed by atoms with Crippen molar-refractivity contribution < 1.29 is 35.4 Å². The van der Waals surface area contributed by atoms with E-state index in [1.54, 1.807) is 7.11 Å². The summed E-state index contributed by atoms with van der Waals surface area (Å²) in [5, 5.41) is 0. The average molecular weight is 307 g/mol. The molecule has 0 unspecified atom stereocenters. The van der Waals surface area contributed by atoms with Gasteiger partial charge in [-0.05, 0) is 0 Å². The number of hydrogen-bond acceptors (Lipinski definition) is 4. The lowest BCUT2D eigenvalue weighted by atomic mass is 10.3. The number of methoxy groups -OCH3 is 1. The van der Waals surface area contributed by atoms with Gasteiger partial charge in [0.25, 0.3) is 0 Å². The fourth-order valence-corrected chi connectivity index (χ4v) is 1.91. The van der Waals surface area contributed by atoms with Gasteiger partial charge in [0, 0.05) is 26.4 Å². The molecule has 0 saturated carbocycles. The quantitative estimate of drug-likeness (QED) is 0.340. The Labute approximate surface area is 111 Å². The summed E-state index contributed by atoms with van der Waals surface area (Å²) in [7, 11) is -1.94. The van der Waals surface area contributed by atoms with Crippen LogP contribution in [0.15, 0.2) is 0 Å². The van der Waals surface area contributed by atoms with Gasteiger partial charge in [0.05, 0.1) is 33.3 Å². The molecule has 0 radical (unpaired) electrons. The Hall–Kier alpha value is -0.380. The molecule has 19 heavy (non-hydrogen) atoms. The van der Waals surface area contributed by atoms with Gasteiger partial charge in [0.2, 0.25) is 0 Å². The third-order valence-electron chi connectivity index (χ3n) is 2.98. The van der Waals surface area contributed by atoms with E-state index in [4.69, 9.17) is 17.7 Å². The molecule has 0 bridgehead atoms. The van der Waals surface area contributed by atoms with Gasteiger partial charge in [-0.15, -0.1) is 0 Å². The van der Waals surface area contributed by atoms with Crippen molar-refractivity contribution in [3.05, 3.63) is 0 Å². The Morgan fingerprint density at radius 1 is 1.26 bits per heavy atom. The Bertz CT molecular complexity index is 350. The van der Waals surface area contributed by atoms with Crippen LogP contribution in [0.4, 0.5) is 13.2 Å². The maximum absolute atomic E-state index is 10.7. The zero-order chi connectivity index (χ0) is 15.2. The molecule has 1 saturated heterocycles. The molecule has 1 heterocycles. The van der Waals surface area contributed by atoms with Gasteiger partial charge >= 0.3 is 5.51 Å². The Kier molecular flexibility index (Phi) is 7.27. The van der Waals surface area contributed by atoms with E-state index < -0.39 is 15.6 Å². The first-order chi connectivity index (χ1) is 8.52. The van der Waals surface area contributed by atoms with E-state index in [0.29, 0.717) is 0 Å². The number of likely N-dealkylation sites (tertiary alicyclic amines) is 1. The summed E-state index contributed by atoms with van der Waals surface area (Å²) in [6.07, 6.45) is 4.06. The maximum atomic E-state index is 10.7. The number of nitrogens with zero attached hydrogens (tertiary/aromatic N) is 1. The lowest BCUT2D eigenvalue weighted by molar-refractivity contribution is -0.897. The lowest BCUT2D eigenvalue weighted by Gasteiger charge is -2.28. The molecule has 5 nitrogen and oxygen atoms in total. The molecule has 0 aromatic rings. The summed E-state index contributed by atoms with van der Waals surface area (Å²) in [5.74, 6) is 0. The molecule has 1 rings (SSSR count). The van der Waals surface area contributed by atoms with E-state index in [0.717, 1.165) is 6.61 Å². The second-order valence-corrected chi connectivity index (χ2v) is 6.11. The highest BCUT2D eigenvalue weighted by Gasteiger charge is 2.36. The number of hydrogen-bond donors (Lipinski definition) is 0. The van der Waals surface area contributed by atoms with Crippen molar-refractivity contribution in [2.45, 2.75) is 24.8 Å². The highest BCUT2D eigenvalue weighted by Crippen LogP contribution is 2.20. The summed E-state index contributed by atoms with van der Waals surface area (Å²) in [4.78, 5) is 0. The van der Waals surface area contributed by atoms with Crippen LogP contribution in [-0.2, 0) is 14.9 Å². The molecule has 0 aromatic heterocycles. The van der Waals surface area contributed by atoms with Crippen LogP contribution in [0, 0.1) is 0 Å². The number of halogens is 3.